The van der Waals surface area contributed by atoms with E-state index in [9.17, 15) is 5.11 Å². The number of nitrogens with one attached hydrogen (secondary N) is 1. The highest BCUT2D eigenvalue weighted by Crippen LogP contribution is 2.48. The standard InChI is InChI=1S/C19H28N2O3/c22-15(14-21-8-4-1-5-9-21)13-20-18-12-19(23-10-11-24-19)17-7-3-2-6-16(17)18/h2-3,6-7,15,18,20,22H,1,4-5,8-14H2. The first-order chi connectivity index (χ1) is 11.8. The SMILES string of the molecule is OC(CNC1CC2(OCCO2)c2ccccc21)CN1CCCCC1. The fraction of sp³-hybridized carbons (Fsp3) is 0.684. The molecule has 2 fully saturated rings. The largest absolute Gasteiger partial charge is 0.390 e. The number of nitrogens with zero attached hydrogens (tertiary/aromatic N) is 1. The third-order valence-electron chi connectivity index (χ3n) is 5.49. The fourth-order valence-electron chi connectivity index (χ4n) is 4.33. The van der Waals surface area contributed by atoms with E-state index in [1.165, 1.54) is 24.8 Å². The van der Waals surface area contributed by atoms with Crippen molar-refractivity contribution >= 4 is 0 Å². The monoisotopic (exact) mass is 332 g/mol. The Morgan fingerprint density at radius 3 is 2.71 bits per heavy atom. The summed E-state index contributed by atoms with van der Waals surface area (Å²) in [5, 5.41) is 13.9. The number of fused-ring (bicyclic) bond motifs is 2. The number of benzene rings is 1. The quantitative estimate of drug-likeness (QED) is 0.861. The highest BCUT2D eigenvalue weighted by Gasteiger charge is 2.48. The van der Waals surface area contributed by atoms with Gasteiger partial charge in [-0.3, -0.25) is 0 Å². The summed E-state index contributed by atoms with van der Waals surface area (Å²) >= 11 is 0. The molecule has 5 nitrogen and oxygen atoms in total. The second-order valence-corrected chi connectivity index (χ2v) is 7.22. The van der Waals surface area contributed by atoms with Crippen molar-refractivity contribution < 1.29 is 14.6 Å². The maximum Gasteiger partial charge on any atom is 0.197 e. The van der Waals surface area contributed by atoms with Crippen molar-refractivity contribution in [2.75, 3.05) is 39.4 Å². The number of piperidine rings is 1. The lowest BCUT2D eigenvalue weighted by Crippen LogP contribution is -2.41. The van der Waals surface area contributed by atoms with Crippen LogP contribution >= 0.6 is 0 Å². The first-order valence-corrected chi connectivity index (χ1v) is 9.28. The van der Waals surface area contributed by atoms with Gasteiger partial charge in [-0.15, -0.1) is 0 Å². The summed E-state index contributed by atoms with van der Waals surface area (Å²) in [6.45, 7) is 4.91. The zero-order chi connectivity index (χ0) is 16.4. The van der Waals surface area contributed by atoms with Gasteiger partial charge in [-0.1, -0.05) is 30.7 Å². The normalized spacial score (nSPS) is 27.5. The summed E-state index contributed by atoms with van der Waals surface area (Å²) < 4.78 is 11.9. The van der Waals surface area contributed by atoms with Crippen LogP contribution in [0.3, 0.4) is 0 Å². The van der Waals surface area contributed by atoms with E-state index in [2.05, 4.69) is 28.4 Å². The Kier molecular flexibility index (Phi) is 4.88. The highest BCUT2D eigenvalue weighted by molar-refractivity contribution is 5.39. The lowest BCUT2D eigenvalue weighted by atomic mass is 10.1. The highest BCUT2D eigenvalue weighted by atomic mass is 16.7. The first-order valence-electron chi connectivity index (χ1n) is 9.28. The van der Waals surface area contributed by atoms with Crippen LogP contribution in [-0.2, 0) is 15.3 Å². The van der Waals surface area contributed by atoms with Gasteiger partial charge in [0.2, 0.25) is 0 Å². The van der Waals surface area contributed by atoms with Crippen LogP contribution in [0, 0.1) is 0 Å². The van der Waals surface area contributed by atoms with Crippen molar-refractivity contribution in [2.45, 2.75) is 43.6 Å². The molecule has 2 N–H and O–H groups in total. The van der Waals surface area contributed by atoms with Gasteiger partial charge in [-0.05, 0) is 31.5 Å². The van der Waals surface area contributed by atoms with Crippen molar-refractivity contribution in [3.05, 3.63) is 35.4 Å². The third-order valence-corrected chi connectivity index (χ3v) is 5.49. The Labute approximate surface area is 143 Å². The van der Waals surface area contributed by atoms with Gasteiger partial charge in [-0.25, -0.2) is 0 Å². The van der Waals surface area contributed by atoms with Gasteiger partial charge in [0, 0.05) is 31.1 Å². The molecule has 2 heterocycles. The van der Waals surface area contributed by atoms with Gasteiger partial charge in [0.05, 0.1) is 19.3 Å². The average molecular weight is 332 g/mol. The molecule has 2 unspecified atom stereocenters. The van der Waals surface area contributed by atoms with Gasteiger partial charge in [0.1, 0.15) is 0 Å². The molecule has 5 heteroatoms. The zero-order valence-electron chi connectivity index (χ0n) is 14.2. The molecular formula is C19H28N2O3. The van der Waals surface area contributed by atoms with Gasteiger partial charge in [0.15, 0.2) is 5.79 Å². The molecule has 1 spiro atoms. The second kappa shape index (κ2) is 7.10. The van der Waals surface area contributed by atoms with Crippen LogP contribution in [0.4, 0.5) is 0 Å². The van der Waals surface area contributed by atoms with E-state index < -0.39 is 5.79 Å². The number of hydrogen-bond donors (Lipinski definition) is 2. The molecule has 0 amide bonds. The van der Waals surface area contributed by atoms with Gasteiger partial charge in [0.25, 0.3) is 0 Å². The van der Waals surface area contributed by atoms with Crippen LogP contribution in [0.15, 0.2) is 24.3 Å². The summed E-state index contributed by atoms with van der Waals surface area (Å²) in [7, 11) is 0. The number of hydrogen-bond acceptors (Lipinski definition) is 5. The summed E-state index contributed by atoms with van der Waals surface area (Å²) in [6, 6.07) is 8.52. The molecule has 2 aliphatic heterocycles. The third kappa shape index (κ3) is 3.24. The van der Waals surface area contributed by atoms with Crippen LogP contribution in [0.1, 0.15) is 42.9 Å². The maximum atomic E-state index is 10.4. The van der Waals surface area contributed by atoms with Crippen LogP contribution in [0.25, 0.3) is 0 Å². The van der Waals surface area contributed by atoms with Gasteiger partial charge in [-0.2, -0.15) is 0 Å². The summed E-state index contributed by atoms with van der Waals surface area (Å²) in [5.41, 5.74) is 2.38. The van der Waals surface area contributed by atoms with Crippen LogP contribution in [-0.4, -0.2) is 55.5 Å². The lowest BCUT2D eigenvalue weighted by molar-refractivity contribution is -0.166. The minimum absolute atomic E-state index is 0.176. The topological polar surface area (TPSA) is 54.0 Å². The number of rotatable bonds is 5. The van der Waals surface area contributed by atoms with Crippen molar-refractivity contribution in [3.63, 3.8) is 0 Å². The zero-order valence-corrected chi connectivity index (χ0v) is 14.2. The van der Waals surface area contributed by atoms with Crippen LogP contribution in [0.2, 0.25) is 0 Å². The molecule has 3 aliphatic rings. The van der Waals surface area contributed by atoms with E-state index >= 15 is 0 Å². The van der Waals surface area contributed by atoms with Crippen LogP contribution in [0.5, 0.6) is 0 Å². The predicted octanol–water partition coefficient (Wildman–Crippen LogP) is 1.77. The minimum atomic E-state index is -0.577. The molecule has 0 aromatic heterocycles. The Bertz CT molecular complexity index is 553. The fourth-order valence-corrected chi connectivity index (χ4v) is 4.33. The molecule has 1 aromatic carbocycles. The minimum Gasteiger partial charge on any atom is -0.390 e. The number of ether oxygens (including phenoxy) is 2. The van der Waals surface area contributed by atoms with E-state index in [0.29, 0.717) is 19.8 Å². The number of aliphatic hydroxyl groups excluding tert-OH is 1. The number of β-amino-alcohol motifs (C(OH)–C–C–N with tert-alkyl or cyclic N) is 1. The van der Waals surface area contributed by atoms with Crippen molar-refractivity contribution in [1.82, 2.24) is 10.2 Å². The first kappa shape index (κ1) is 16.5. The average Bonchev–Trinajstić information content (AvgIpc) is 3.21. The lowest BCUT2D eigenvalue weighted by Gasteiger charge is -2.29. The van der Waals surface area contributed by atoms with Crippen LogP contribution < -0.4 is 5.32 Å². The second-order valence-electron chi connectivity index (χ2n) is 7.22. The smallest absolute Gasteiger partial charge is 0.197 e. The molecule has 1 aromatic rings. The van der Waals surface area contributed by atoms with E-state index in [1.54, 1.807) is 0 Å². The number of aliphatic hydroxyl groups is 1. The van der Waals surface area contributed by atoms with E-state index in [-0.39, 0.29) is 12.1 Å². The number of likely N-dealkylation sites (tertiary alicyclic amines) is 1. The predicted molar refractivity (Wildman–Crippen MR) is 91.7 cm³/mol. The van der Waals surface area contributed by atoms with E-state index in [1.807, 2.05) is 6.07 Å². The van der Waals surface area contributed by atoms with Gasteiger partial charge < -0.3 is 24.8 Å². The Morgan fingerprint density at radius 2 is 1.92 bits per heavy atom. The van der Waals surface area contributed by atoms with E-state index in [0.717, 1.165) is 31.6 Å². The molecule has 132 valence electrons. The Morgan fingerprint density at radius 1 is 1.17 bits per heavy atom. The Balaban J connectivity index is 1.36. The molecule has 1 aliphatic carbocycles. The maximum absolute atomic E-state index is 10.4. The summed E-state index contributed by atoms with van der Waals surface area (Å²) in [4.78, 5) is 2.38. The van der Waals surface area contributed by atoms with Crippen molar-refractivity contribution in [3.8, 4) is 0 Å². The molecule has 0 radical (unpaired) electrons. The van der Waals surface area contributed by atoms with Gasteiger partial charge >= 0.3 is 0 Å². The van der Waals surface area contributed by atoms with Crippen molar-refractivity contribution in [2.24, 2.45) is 0 Å². The molecular weight excluding hydrogens is 304 g/mol. The molecule has 2 atom stereocenters. The molecule has 0 bridgehead atoms. The summed E-state index contributed by atoms with van der Waals surface area (Å²) in [5.74, 6) is -0.577. The van der Waals surface area contributed by atoms with Crippen molar-refractivity contribution in [1.29, 1.82) is 0 Å². The van der Waals surface area contributed by atoms with E-state index in [4.69, 9.17) is 9.47 Å². The molecule has 0 saturated carbocycles. The molecule has 24 heavy (non-hydrogen) atoms. The summed E-state index contributed by atoms with van der Waals surface area (Å²) in [6.07, 6.45) is 4.28. The molecule has 2 saturated heterocycles. The molecule has 4 rings (SSSR count). The Hall–Kier alpha value is -0.980.